The zero-order chi connectivity index (χ0) is 19.7. The molecule has 3 aromatic heterocycles. The lowest BCUT2D eigenvalue weighted by atomic mass is 10.2. The summed E-state index contributed by atoms with van der Waals surface area (Å²) >= 11 is 0. The van der Waals surface area contributed by atoms with Crippen LogP contribution in [0.15, 0.2) is 41.1 Å². The predicted molar refractivity (Wildman–Crippen MR) is 91.0 cm³/mol. The highest BCUT2D eigenvalue weighted by Crippen LogP contribution is 2.20. The first-order valence-electron chi connectivity index (χ1n) is 7.94. The van der Waals surface area contributed by atoms with Crippen molar-refractivity contribution in [3.63, 3.8) is 0 Å². The minimum absolute atomic E-state index is 0.0499. The van der Waals surface area contributed by atoms with Crippen LogP contribution in [0.4, 0.5) is 5.69 Å². The molecule has 0 radical (unpaired) electrons. The Morgan fingerprint density at radius 3 is 2.75 bits per heavy atom. The average Bonchev–Trinajstić information content (AvgIpc) is 3.34. The van der Waals surface area contributed by atoms with Gasteiger partial charge in [-0.3, -0.25) is 10.1 Å². The average molecular weight is 381 g/mol. The summed E-state index contributed by atoms with van der Waals surface area (Å²) in [5.41, 5.74) is 1.24. The monoisotopic (exact) mass is 381 g/mol. The van der Waals surface area contributed by atoms with Gasteiger partial charge in [-0.05, 0) is 25.1 Å². The molecule has 0 amide bonds. The molecule has 0 unspecified atom stereocenters. The van der Waals surface area contributed by atoms with Gasteiger partial charge in [0.2, 0.25) is 5.82 Å². The van der Waals surface area contributed by atoms with Crippen molar-refractivity contribution in [2.24, 2.45) is 0 Å². The van der Waals surface area contributed by atoms with Gasteiger partial charge < -0.3 is 9.26 Å². The van der Waals surface area contributed by atoms with Crippen LogP contribution in [-0.4, -0.2) is 40.6 Å². The Kier molecular flexibility index (Phi) is 4.20. The highest BCUT2D eigenvalue weighted by Gasteiger charge is 2.18. The Balaban J connectivity index is 1.44. The zero-order valence-corrected chi connectivity index (χ0v) is 14.3. The van der Waals surface area contributed by atoms with Crippen molar-refractivity contribution in [2.75, 3.05) is 0 Å². The molecule has 3 heterocycles. The normalized spacial score (nSPS) is 10.9. The molecule has 0 spiro atoms. The molecular formula is C16H11N7O5. The fraction of sp³-hybridized carbons (Fsp3) is 0.125. The molecule has 28 heavy (non-hydrogen) atoms. The van der Waals surface area contributed by atoms with Crippen LogP contribution in [-0.2, 0) is 11.3 Å². The van der Waals surface area contributed by atoms with Gasteiger partial charge in [0.05, 0.1) is 4.92 Å². The van der Waals surface area contributed by atoms with E-state index in [4.69, 9.17) is 9.26 Å². The van der Waals surface area contributed by atoms with E-state index in [1.54, 1.807) is 19.2 Å². The number of ether oxygens (including phenoxy) is 1. The van der Waals surface area contributed by atoms with Crippen molar-refractivity contribution in [2.45, 2.75) is 13.5 Å². The summed E-state index contributed by atoms with van der Waals surface area (Å²) in [7, 11) is 0. The Labute approximate surface area is 155 Å². The molecule has 140 valence electrons. The van der Waals surface area contributed by atoms with Crippen molar-refractivity contribution < 1.29 is 19.0 Å². The number of non-ortho nitro benzene ring substituents is 1. The van der Waals surface area contributed by atoms with E-state index in [1.165, 1.54) is 28.8 Å². The van der Waals surface area contributed by atoms with Crippen LogP contribution in [0.25, 0.3) is 17.2 Å². The predicted octanol–water partition coefficient (Wildman–Crippen LogP) is 1.75. The van der Waals surface area contributed by atoms with Gasteiger partial charge in [-0.15, -0.1) is 5.10 Å². The number of esters is 1. The van der Waals surface area contributed by atoms with Gasteiger partial charge in [-0.25, -0.2) is 14.3 Å². The molecule has 12 heteroatoms. The number of benzene rings is 1. The standard InChI is InChI=1S/C16H11N7O5/c1-9-6-7-17-16-19-14(20-22(9)16)15(24)27-8-12-18-13(21-28-12)10-2-4-11(5-3-10)23(25)26/h2-7H,8H2,1H3. The molecule has 0 aliphatic rings. The minimum Gasteiger partial charge on any atom is -0.450 e. The second-order valence-electron chi connectivity index (χ2n) is 5.63. The Morgan fingerprint density at radius 1 is 1.25 bits per heavy atom. The molecule has 1 aromatic carbocycles. The molecule has 0 aliphatic carbocycles. The van der Waals surface area contributed by atoms with Crippen molar-refractivity contribution in [1.82, 2.24) is 29.7 Å². The first-order valence-corrected chi connectivity index (χ1v) is 7.94. The van der Waals surface area contributed by atoms with Crippen molar-refractivity contribution in [3.05, 3.63) is 64.1 Å². The molecule has 0 saturated carbocycles. The third kappa shape index (κ3) is 3.25. The summed E-state index contributed by atoms with van der Waals surface area (Å²) in [6.07, 6.45) is 1.56. The third-order valence-electron chi connectivity index (χ3n) is 3.74. The molecule has 0 fully saturated rings. The maximum Gasteiger partial charge on any atom is 0.378 e. The van der Waals surface area contributed by atoms with Crippen LogP contribution in [0.5, 0.6) is 0 Å². The summed E-state index contributed by atoms with van der Waals surface area (Å²) < 4.78 is 11.5. The third-order valence-corrected chi connectivity index (χ3v) is 3.74. The van der Waals surface area contributed by atoms with E-state index < -0.39 is 10.9 Å². The van der Waals surface area contributed by atoms with Crippen LogP contribution >= 0.6 is 0 Å². The summed E-state index contributed by atoms with van der Waals surface area (Å²) in [6.45, 7) is 1.53. The van der Waals surface area contributed by atoms with E-state index in [9.17, 15) is 14.9 Å². The number of nitro groups is 1. The molecule has 0 saturated heterocycles. The van der Waals surface area contributed by atoms with E-state index in [1.807, 2.05) is 0 Å². The smallest absolute Gasteiger partial charge is 0.378 e. The number of nitrogens with zero attached hydrogens (tertiary/aromatic N) is 7. The number of nitro benzene ring substituents is 1. The van der Waals surface area contributed by atoms with Gasteiger partial charge in [0, 0.05) is 29.6 Å². The van der Waals surface area contributed by atoms with E-state index in [-0.39, 0.29) is 35.6 Å². The largest absolute Gasteiger partial charge is 0.450 e. The Morgan fingerprint density at radius 2 is 2.04 bits per heavy atom. The van der Waals surface area contributed by atoms with E-state index in [0.29, 0.717) is 5.56 Å². The van der Waals surface area contributed by atoms with Gasteiger partial charge in [0.15, 0.2) is 6.61 Å². The summed E-state index contributed by atoms with van der Waals surface area (Å²) in [6, 6.07) is 7.38. The molecule has 4 aromatic rings. The van der Waals surface area contributed by atoms with Crippen LogP contribution in [0.1, 0.15) is 22.2 Å². The van der Waals surface area contributed by atoms with Crippen LogP contribution < -0.4 is 0 Å². The lowest BCUT2D eigenvalue weighted by Crippen LogP contribution is -2.08. The number of hydrogen-bond donors (Lipinski definition) is 0. The van der Waals surface area contributed by atoms with Crippen LogP contribution in [0.3, 0.4) is 0 Å². The molecule has 0 atom stereocenters. The fourth-order valence-electron chi connectivity index (χ4n) is 2.35. The number of aromatic nitrogens is 6. The van der Waals surface area contributed by atoms with E-state index in [0.717, 1.165) is 5.69 Å². The summed E-state index contributed by atoms with van der Waals surface area (Å²) in [5, 5.41) is 18.5. The molecule has 0 aliphatic heterocycles. The first kappa shape index (κ1) is 17.2. The van der Waals surface area contributed by atoms with Crippen LogP contribution in [0.2, 0.25) is 0 Å². The SMILES string of the molecule is Cc1ccnc2nc(C(=O)OCc3nc(-c4ccc([N+](=O)[O-])cc4)no3)nn12. The van der Waals surface area contributed by atoms with E-state index >= 15 is 0 Å². The molecular weight excluding hydrogens is 370 g/mol. The topological polar surface area (TPSA) is 151 Å². The maximum absolute atomic E-state index is 12.1. The van der Waals surface area contributed by atoms with Gasteiger partial charge in [0.25, 0.3) is 23.2 Å². The maximum atomic E-state index is 12.1. The highest BCUT2D eigenvalue weighted by molar-refractivity contribution is 5.85. The first-order chi connectivity index (χ1) is 13.5. The van der Waals surface area contributed by atoms with Gasteiger partial charge in [-0.2, -0.15) is 9.97 Å². The van der Waals surface area contributed by atoms with Gasteiger partial charge in [-0.1, -0.05) is 5.16 Å². The lowest BCUT2D eigenvalue weighted by molar-refractivity contribution is -0.384. The number of aryl methyl sites for hydroxylation is 1. The summed E-state index contributed by atoms with van der Waals surface area (Å²) in [5.74, 6) is -0.353. The number of fused-ring (bicyclic) bond motifs is 1. The van der Waals surface area contributed by atoms with Gasteiger partial charge >= 0.3 is 5.97 Å². The Bertz CT molecular complexity index is 1180. The number of carbonyl (C=O) groups excluding carboxylic acids is 1. The van der Waals surface area contributed by atoms with Crippen molar-refractivity contribution >= 4 is 17.4 Å². The number of rotatable bonds is 5. The second kappa shape index (κ2) is 6.83. The quantitative estimate of drug-likeness (QED) is 0.284. The minimum atomic E-state index is -0.764. The molecule has 4 rings (SSSR count). The lowest BCUT2D eigenvalue weighted by Gasteiger charge is -1.97. The second-order valence-corrected chi connectivity index (χ2v) is 5.63. The molecule has 0 N–H and O–H groups in total. The fourth-order valence-corrected chi connectivity index (χ4v) is 2.35. The zero-order valence-electron chi connectivity index (χ0n) is 14.3. The number of carbonyl (C=O) groups is 1. The van der Waals surface area contributed by atoms with E-state index in [2.05, 4.69) is 25.2 Å². The van der Waals surface area contributed by atoms with Gasteiger partial charge in [0.1, 0.15) is 0 Å². The summed E-state index contributed by atoms with van der Waals surface area (Å²) in [4.78, 5) is 34.4. The molecule has 0 bridgehead atoms. The van der Waals surface area contributed by atoms with Crippen molar-refractivity contribution in [1.29, 1.82) is 0 Å². The van der Waals surface area contributed by atoms with Crippen LogP contribution in [0, 0.1) is 17.0 Å². The molecule has 12 nitrogen and oxygen atoms in total. The van der Waals surface area contributed by atoms with Crippen molar-refractivity contribution in [3.8, 4) is 11.4 Å². The highest BCUT2D eigenvalue weighted by atomic mass is 16.6. The number of hydrogen-bond acceptors (Lipinski definition) is 10. The Hall–Kier alpha value is -4.22.